The third-order valence-electron chi connectivity index (χ3n) is 3.49. The summed E-state index contributed by atoms with van der Waals surface area (Å²) in [5.41, 5.74) is 0.576. The molecule has 0 aromatic heterocycles. The summed E-state index contributed by atoms with van der Waals surface area (Å²) in [7, 11) is 0. The van der Waals surface area contributed by atoms with Gasteiger partial charge in [-0.05, 0) is 38.4 Å². The second kappa shape index (κ2) is 8.64. The third-order valence-corrected chi connectivity index (χ3v) is 3.49. The van der Waals surface area contributed by atoms with Crippen molar-refractivity contribution in [2.45, 2.75) is 25.8 Å². The van der Waals surface area contributed by atoms with Gasteiger partial charge in [0, 0.05) is 19.2 Å². The lowest BCUT2D eigenvalue weighted by Crippen LogP contribution is -2.37. The number of para-hydroxylation sites is 1. The van der Waals surface area contributed by atoms with Gasteiger partial charge < -0.3 is 20.1 Å². The third kappa shape index (κ3) is 5.02. The number of rotatable bonds is 8. The summed E-state index contributed by atoms with van der Waals surface area (Å²) in [6.45, 7) is 5.28. The van der Waals surface area contributed by atoms with Crippen LogP contribution in [0.15, 0.2) is 24.3 Å². The van der Waals surface area contributed by atoms with Gasteiger partial charge in [0.15, 0.2) is 0 Å². The minimum absolute atomic E-state index is 0.0873. The summed E-state index contributed by atoms with van der Waals surface area (Å²) in [5, 5.41) is 6.33. The molecular formula is C16H24N2O3. The van der Waals surface area contributed by atoms with Crippen molar-refractivity contribution in [3.05, 3.63) is 29.8 Å². The van der Waals surface area contributed by atoms with Crippen LogP contribution in [0.5, 0.6) is 5.75 Å². The molecule has 5 nitrogen and oxygen atoms in total. The van der Waals surface area contributed by atoms with Crippen LogP contribution in [0.1, 0.15) is 30.1 Å². The molecule has 1 amide bonds. The molecule has 0 spiro atoms. The molecule has 0 saturated carbocycles. The fourth-order valence-corrected chi connectivity index (χ4v) is 2.38. The minimum Gasteiger partial charge on any atom is -0.490 e. The van der Waals surface area contributed by atoms with Crippen LogP contribution >= 0.6 is 0 Å². The van der Waals surface area contributed by atoms with E-state index in [0.29, 0.717) is 43.7 Å². The molecular weight excluding hydrogens is 268 g/mol. The summed E-state index contributed by atoms with van der Waals surface area (Å²) in [6, 6.07) is 7.70. The molecule has 1 aromatic rings. The van der Waals surface area contributed by atoms with Crippen LogP contribution in [0.2, 0.25) is 0 Å². The fraction of sp³-hybridized carbons (Fsp3) is 0.562. The van der Waals surface area contributed by atoms with Crippen molar-refractivity contribution in [2.24, 2.45) is 0 Å². The van der Waals surface area contributed by atoms with E-state index >= 15 is 0 Å². The van der Waals surface area contributed by atoms with Gasteiger partial charge in [-0.1, -0.05) is 12.1 Å². The Morgan fingerprint density at radius 1 is 1.38 bits per heavy atom. The van der Waals surface area contributed by atoms with Crippen LogP contribution in [-0.4, -0.2) is 44.9 Å². The van der Waals surface area contributed by atoms with E-state index in [-0.39, 0.29) is 5.91 Å². The lowest BCUT2D eigenvalue weighted by molar-refractivity contribution is 0.0933. The van der Waals surface area contributed by atoms with Crippen molar-refractivity contribution in [1.82, 2.24) is 10.6 Å². The first kappa shape index (κ1) is 15.8. The highest BCUT2D eigenvalue weighted by Gasteiger charge is 2.17. The Kier molecular flexibility index (Phi) is 6.50. The zero-order valence-electron chi connectivity index (χ0n) is 12.6. The Hall–Kier alpha value is -1.59. The van der Waals surface area contributed by atoms with Crippen LogP contribution in [0.25, 0.3) is 0 Å². The highest BCUT2D eigenvalue weighted by atomic mass is 16.5. The van der Waals surface area contributed by atoms with Gasteiger partial charge >= 0.3 is 0 Å². The summed E-state index contributed by atoms with van der Waals surface area (Å²) < 4.78 is 10.9. The Morgan fingerprint density at radius 3 is 3.00 bits per heavy atom. The van der Waals surface area contributed by atoms with Gasteiger partial charge in [-0.3, -0.25) is 4.79 Å². The normalized spacial score (nSPS) is 17.7. The van der Waals surface area contributed by atoms with Gasteiger partial charge in [0.25, 0.3) is 5.91 Å². The fourth-order valence-electron chi connectivity index (χ4n) is 2.38. The molecule has 2 N–H and O–H groups in total. The zero-order valence-corrected chi connectivity index (χ0v) is 12.6. The quantitative estimate of drug-likeness (QED) is 0.714. The molecule has 116 valence electrons. The molecule has 1 aliphatic heterocycles. The monoisotopic (exact) mass is 292 g/mol. The molecule has 2 rings (SSSR count). The Bertz CT molecular complexity index is 445. The van der Waals surface area contributed by atoms with Crippen molar-refractivity contribution in [3.63, 3.8) is 0 Å². The van der Waals surface area contributed by atoms with E-state index in [1.54, 1.807) is 6.07 Å². The van der Waals surface area contributed by atoms with Crippen molar-refractivity contribution in [1.29, 1.82) is 0 Å². The van der Waals surface area contributed by atoms with Gasteiger partial charge in [0.05, 0.1) is 12.2 Å². The summed E-state index contributed by atoms with van der Waals surface area (Å²) >= 11 is 0. The van der Waals surface area contributed by atoms with Crippen LogP contribution in [-0.2, 0) is 4.74 Å². The number of carbonyl (C=O) groups is 1. The number of nitrogens with one attached hydrogen (secondary N) is 2. The molecule has 1 aliphatic rings. The second-order valence-corrected chi connectivity index (χ2v) is 5.04. The van der Waals surface area contributed by atoms with E-state index in [1.807, 2.05) is 25.1 Å². The van der Waals surface area contributed by atoms with Crippen LogP contribution in [0.4, 0.5) is 0 Å². The summed E-state index contributed by atoms with van der Waals surface area (Å²) in [4.78, 5) is 12.3. The molecule has 5 heteroatoms. The van der Waals surface area contributed by atoms with Gasteiger partial charge in [-0.2, -0.15) is 0 Å². The zero-order chi connectivity index (χ0) is 14.9. The number of benzene rings is 1. The van der Waals surface area contributed by atoms with Crippen molar-refractivity contribution in [2.75, 3.05) is 32.9 Å². The van der Waals surface area contributed by atoms with Crippen molar-refractivity contribution >= 4 is 5.91 Å². The maximum absolute atomic E-state index is 12.3. The van der Waals surface area contributed by atoms with Crippen molar-refractivity contribution < 1.29 is 14.3 Å². The number of hydrogen-bond acceptors (Lipinski definition) is 4. The smallest absolute Gasteiger partial charge is 0.255 e. The lowest BCUT2D eigenvalue weighted by Gasteiger charge is -2.14. The van der Waals surface area contributed by atoms with E-state index in [9.17, 15) is 4.79 Å². The average molecular weight is 292 g/mol. The first-order valence-electron chi connectivity index (χ1n) is 7.62. The number of carbonyl (C=O) groups excluding carboxylic acids is 1. The summed E-state index contributed by atoms with van der Waals surface area (Å²) in [6.07, 6.45) is 2.30. The molecule has 1 aromatic carbocycles. The first-order chi connectivity index (χ1) is 10.3. The SMILES string of the molecule is CCOCCOc1ccccc1C(=O)NCC1CCCN1. The number of ether oxygens (including phenoxy) is 2. The van der Waals surface area contributed by atoms with E-state index in [1.165, 1.54) is 6.42 Å². The molecule has 1 saturated heterocycles. The summed E-state index contributed by atoms with van der Waals surface area (Å²) in [5.74, 6) is 0.518. The van der Waals surface area contributed by atoms with Gasteiger partial charge in [0.2, 0.25) is 0 Å². The predicted molar refractivity (Wildman–Crippen MR) is 81.8 cm³/mol. The molecule has 0 aliphatic carbocycles. The van der Waals surface area contributed by atoms with E-state index in [4.69, 9.17) is 9.47 Å². The van der Waals surface area contributed by atoms with E-state index < -0.39 is 0 Å². The number of amides is 1. The average Bonchev–Trinajstić information content (AvgIpc) is 3.03. The molecule has 1 heterocycles. The molecule has 1 atom stereocenters. The van der Waals surface area contributed by atoms with Gasteiger partial charge in [-0.25, -0.2) is 0 Å². The topological polar surface area (TPSA) is 59.6 Å². The first-order valence-corrected chi connectivity index (χ1v) is 7.62. The maximum atomic E-state index is 12.3. The molecule has 0 radical (unpaired) electrons. The molecule has 1 unspecified atom stereocenters. The lowest BCUT2D eigenvalue weighted by atomic mass is 10.1. The standard InChI is InChI=1S/C16H24N2O3/c1-2-20-10-11-21-15-8-4-3-7-14(15)16(19)18-12-13-6-5-9-17-13/h3-4,7-8,13,17H,2,5-6,9-12H2,1H3,(H,18,19). The van der Waals surface area contributed by atoms with Crippen LogP contribution < -0.4 is 15.4 Å². The van der Waals surface area contributed by atoms with Crippen LogP contribution in [0.3, 0.4) is 0 Å². The van der Waals surface area contributed by atoms with E-state index in [0.717, 1.165) is 13.0 Å². The highest BCUT2D eigenvalue weighted by molar-refractivity contribution is 5.96. The Labute approximate surface area is 126 Å². The minimum atomic E-state index is -0.0873. The maximum Gasteiger partial charge on any atom is 0.255 e. The van der Waals surface area contributed by atoms with Gasteiger partial charge in [-0.15, -0.1) is 0 Å². The van der Waals surface area contributed by atoms with Crippen LogP contribution in [0, 0.1) is 0 Å². The Morgan fingerprint density at radius 2 is 2.24 bits per heavy atom. The highest BCUT2D eigenvalue weighted by Crippen LogP contribution is 2.17. The second-order valence-electron chi connectivity index (χ2n) is 5.04. The largest absolute Gasteiger partial charge is 0.490 e. The molecule has 0 bridgehead atoms. The van der Waals surface area contributed by atoms with Gasteiger partial charge in [0.1, 0.15) is 12.4 Å². The Balaban J connectivity index is 1.86. The van der Waals surface area contributed by atoms with E-state index in [2.05, 4.69) is 10.6 Å². The number of hydrogen-bond donors (Lipinski definition) is 2. The van der Waals surface area contributed by atoms with Crippen molar-refractivity contribution in [3.8, 4) is 5.75 Å². The predicted octanol–water partition coefficient (Wildman–Crippen LogP) is 1.58. The molecule has 21 heavy (non-hydrogen) atoms. The molecule has 1 fully saturated rings.